The summed E-state index contributed by atoms with van der Waals surface area (Å²) in [5, 5.41) is 0. The van der Waals surface area contributed by atoms with Crippen molar-refractivity contribution in [3.8, 4) is 22.6 Å². The average molecular weight is 554 g/mol. The number of methoxy groups -OCH3 is 1. The maximum atomic E-state index is 12.0. The number of anilines is 2. The van der Waals surface area contributed by atoms with Crippen molar-refractivity contribution in [2.75, 3.05) is 50.2 Å². The monoisotopic (exact) mass is 553 g/mol. The highest BCUT2D eigenvalue weighted by molar-refractivity contribution is 7.92. The number of rotatable bonds is 8. The van der Waals surface area contributed by atoms with E-state index in [9.17, 15) is 8.42 Å². The van der Waals surface area contributed by atoms with E-state index in [0.717, 1.165) is 57.2 Å². The van der Waals surface area contributed by atoms with Crippen LogP contribution in [0.1, 0.15) is 48.0 Å². The minimum absolute atomic E-state index is 0.269. The van der Waals surface area contributed by atoms with Gasteiger partial charge in [0.15, 0.2) is 0 Å². The molecule has 210 valence electrons. The van der Waals surface area contributed by atoms with E-state index in [-0.39, 0.29) is 5.92 Å². The molecule has 2 heterocycles. The Morgan fingerprint density at radius 2 is 1.87 bits per heavy atom. The summed E-state index contributed by atoms with van der Waals surface area (Å²) in [4.78, 5) is 14.2. The van der Waals surface area contributed by atoms with Crippen LogP contribution in [-0.2, 0) is 23.1 Å². The Morgan fingerprint density at radius 1 is 1.13 bits per heavy atom. The molecule has 10 heteroatoms. The maximum Gasteiger partial charge on any atom is 0.229 e. The van der Waals surface area contributed by atoms with Gasteiger partial charge in [-0.2, -0.15) is 0 Å². The number of aryl methyl sites for hydroxylation is 2. The molecule has 1 N–H and O–H groups in total. The smallest absolute Gasteiger partial charge is 0.229 e. The number of nitrogens with zero attached hydrogens (tertiary/aromatic N) is 4. The molecule has 0 saturated carbocycles. The molecule has 0 fully saturated rings. The van der Waals surface area contributed by atoms with Gasteiger partial charge in [0, 0.05) is 23.4 Å². The number of hydrogen-bond donors (Lipinski definition) is 1. The van der Waals surface area contributed by atoms with Crippen LogP contribution in [0.4, 0.5) is 11.5 Å². The highest BCUT2D eigenvalue weighted by Crippen LogP contribution is 2.38. The van der Waals surface area contributed by atoms with Crippen molar-refractivity contribution in [3.63, 3.8) is 0 Å². The molecular formula is C29H39N5O4S. The number of aromatic nitrogens is 2. The molecule has 0 saturated heterocycles. The first-order valence-corrected chi connectivity index (χ1v) is 14.9. The number of hydrogen-bond acceptors (Lipinski definition) is 8. The fraction of sp³-hybridized carbons (Fsp3) is 0.448. The Labute approximate surface area is 232 Å². The summed E-state index contributed by atoms with van der Waals surface area (Å²) in [6, 6.07) is 9.70. The summed E-state index contributed by atoms with van der Waals surface area (Å²) in [6.07, 6.45) is 1.13. The third-order valence-corrected chi connectivity index (χ3v) is 7.24. The highest BCUT2D eigenvalue weighted by atomic mass is 32.2. The van der Waals surface area contributed by atoms with Crippen LogP contribution in [-0.4, -0.2) is 63.9 Å². The molecule has 4 rings (SSSR count). The molecule has 0 radical (unpaired) electrons. The lowest BCUT2D eigenvalue weighted by Crippen LogP contribution is -2.29. The SMILES string of the molecule is COc1ccc(-c2cc(C)c3c(c2)CN(c2nc(CN(C)C)nc(C)c2C(C)C)CCO3)cc1NS(C)(=O)=O. The zero-order chi connectivity index (χ0) is 28.5. The standard InChI is InChI=1S/C29H39N5O4S/c1-18(2)27-20(4)30-26(17-33(5)6)31-29(27)34-11-12-38-28-19(3)13-22(14-23(28)16-34)21-9-10-25(37-7)24(15-21)32-39(8,35)36/h9-10,13-15,18,32H,11-12,16-17H2,1-8H3. The minimum atomic E-state index is -3.47. The van der Waals surface area contributed by atoms with Crippen molar-refractivity contribution in [2.45, 2.75) is 46.7 Å². The van der Waals surface area contributed by atoms with Crippen molar-refractivity contribution in [2.24, 2.45) is 0 Å². The third-order valence-electron chi connectivity index (χ3n) is 6.65. The van der Waals surface area contributed by atoms with E-state index in [1.54, 1.807) is 12.1 Å². The van der Waals surface area contributed by atoms with Gasteiger partial charge in [-0.05, 0) is 74.8 Å². The molecule has 0 aliphatic carbocycles. The number of ether oxygens (including phenoxy) is 2. The van der Waals surface area contributed by atoms with Crippen LogP contribution in [0.5, 0.6) is 11.5 Å². The van der Waals surface area contributed by atoms with Gasteiger partial charge in [0.25, 0.3) is 0 Å². The van der Waals surface area contributed by atoms with Crippen molar-refractivity contribution in [1.82, 2.24) is 14.9 Å². The van der Waals surface area contributed by atoms with Gasteiger partial charge in [-0.1, -0.05) is 19.9 Å². The first-order valence-electron chi connectivity index (χ1n) is 13.1. The summed E-state index contributed by atoms with van der Waals surface area (Å²) in [5.74, 6) is 3.37. The van der Waals surface area contributed by atoms with Crippen molar-refractivity contribution < 1.29 is 17.9 Å². The average Bonchev–Trinajstić information content (AvgIpc) is 3.05. The number of nitrogens with one attached hydrogen (secondary N) is 1. The van der Waals surface area contributed by atoms with Crippen LogP contribution in [0.2, 0.25) is 0 Å². The summed E-state index contributed by atoms with van der Waals surface area (Å²) in [5.41, 5.74) is 6.47. The predicted molar refractivity (Wildman–Crippen MR) is 156 cm³/mol. The van der Waals surface area contributed by atoms with Crippen LogP contribution in [0.25, 0.3) is 11.1 Å². The normalized spacial score (nSPS) is 13.7. The fourth-order valence-electron chi connectivity index (χ4n) is 5.12. The van der Waals surface area contributed by atoms with Gasteiger partial charge in [0.2, 0.25) is 10.0 Å². The topological polar surface area (TPSA) is 96.9 Å². The molecule has 1 aromatic heterocycles. The van der Waals surface area contributed by atoms with E-state index in [1.165, 1.54) is 7.11 Å². The second-order valence-corrected chi connectivity index (χ2v) is 12.4. The third kappa shape index (κ3) is 6.62. The summed E-state index contributed by atoms with van der Waals surface area (Å²) in [6.45, 7) is 11.0. The first-order chi connectivity index (χ1) is 18.4. The van der Waals surface area contributed by atoms with E-state index in [1.807, 2.05) is 27.1 Å². The van der Waals surface area contributed by atoms with Crippen LogP contribution in [0.3, 0.4) is 0 Å². The number of benzene rings is 2. The molecule has 9 nitrogen and oxygen atoms in total. The van der Waals surface area contributed by atoms with Crippen LogP contribution in [0.15, 0.2) is 30.3 Å². The quantitative estimate of drug-likeness (QED) is 0.428. The summed E-state index contributed by atoms with van der Waals surface area (Å²) >= 11 is 0. The Hall–Kier alpha value is -3.37. The Bertz CT molecular complexity index is 1470. The summed E-state index contributed by atoms with van der Waals surface area (Å²) < 4.78 is 38.1. The second kappa shape index (κ2) is 11.4. The van der Waals surface area contributed by atoms with Crippen molar-refractivity contribution in [1.29, 1.82) is 0 Å². The molecule has 1 aliphatic heterocycles. The largest absolute Gasteiger partial charge is 0.495 e. The Balaban J connectivity index is 1.78. The molecule has 0 spiro atoms. The maximum absolute atomic E-state index is 12.0. The van der Waals surface area contributed by atoms with Crippen LogP contribution >= 0.6 is 0 Å². The van der Waals surface area contributed by atoms with Gasteiger partial charge < -0.3 is 19.3 Å². The highest BCUT2D eigenvalue weighted by Gasteiger charge is 2.25. The first kappa shape index (κ1) is 28.6. The number of sulfonamides is 1. The Kier molecular flexibility index (Phi) is 8.37. The number of fused-ring (bicyclic) bond motifs is 1. The zero-order valence-corrected chi connectivity index (χ0v) is 24.9. The lowest BCUT2D eigenvalue weighted by atomic mass is 9.97. The van der Waals surface area contributed by atoms with Gasteiger partial charge >= 0.3 is 0 Å². The van der Waals surface area contributed by atoms with Gasteiger partial charge in [0.1, 0.15) is 29.7 Å². The minimum Gasteiger partial charge on any atom is -0.495 e. The molecule has 1 aliphatic rings. The molecule has 0 atom stereocenters. The summed E-state index contributed by atoms with van der Waals surface area (Å²) in [7, 11) is 2.09. The van der Waals surface area contributed by atoms with E-state index in [4.69, 9.17) is 19.4 Å². The Morgan fingerprint density at radius 3 is 2.51 bits per heavy atom. The van der Waals surface area contributed by atoms with Crippen molar-refractivity contribution in [3.05, 3.63) is 58.5 Å². The molecule has 0 unspecified atom stereocenters. The van der Waals surface area contributed by atoms with Crippen molar-refractivity contribution >= 4 is 21.5 Å². The van der Waals surface area contributed by atoms with E-state index >= 15 is 0 Å². The molecule has 0 amide bonds. The predicted octanol–water partition coefficient (Wildman–Crippen LogP) is 4.72. The van der Waals surface area contributed by atoms with Crippen LogP contribution in [0, 0.1) is 13.8 Å². The fourth-order valence-corrected chi connectivity index (χ4v) is 5.68. The van der Waals surface area contributed by atoms with Gasteiger partial charge in [0.05, 0.1) is 32.1 Å². The van der Waals surface area contributed by atoms with Gasteiger partial charge in [-0.15, -0.1) is 0 Å². The van der Waals surface area contributed by atoms with Gasteiger partial charge in [-0.25, -0.2) is 18.4 Å². The van der Waals surface area contributed by atoms with E-state index in [0.29, 0.717) is 37.7 Å². The second-order valence-electron chi connectivity index (χ2n) is 10.7. The lowest BCUT2D eigenvalue weighted by molar-refractivity contribution is 0.329. The molecule has 3 aromatic rings. The molecule has 2 aromatic carbocycles. The molecule has 39 heavy (non-hydrogen) atoms. The molecule has 0 bridgehead atoms. The van der Waals surface area contributed by atoms with E-state index < -0.39 is 10.0 Å². The van der Waals surface area contributed by atoms with Crippen LogP contribution < -0.4 is 19.1 Å². The van der Waals surface area contributed by atoms with Gasteiger partial charge in [-0.3, -0.25) is 4.72 Å². The zero-order valence-electron chi connectivity index (χ0n) is 24.1. The lowest BCUT2D eigenvalue weighted by Gasteiger charge is -2.27. The van der Waals surface area contributed by atoms with E-state index in [2.05, 4.69) is 47.4 Å². The molecular weight excluding hydrogens is 514 g/mol.